The molecule has 0 aromatic heterocycles. The molecule has 0 aliphatic heterocycles. The lowest BCUT2D eigenvalue weighted by Gasteiger charge is -2.32. The lowest BCUT2D eigenvalue weighted by atomic mass is 9.76. The molecule has 0 spiro atoms. The molecule has 0 saturated carbocycles. The first kappa shape index (κ1) is 10.1. The van der Waals surface area contributed by atoms with Gasteiger partial charge in [0, 0.05) is 0 Å². The van der Waals surface area contributed by atoms with Crippen LogP contribution in [0.2, 0.25) is 0 Å². The highest BCUT2D eigenvalue weighted by Crippen LogP contribution is 2.35. The SMILES string of the molecule is C#C[C@@]1(O)C[C@H](C(=C)C)CC=C1C. The molecule has 0 amide bonds. The molecule has 70 valence electrons. The predicted octanol–water partition coefficient (Wildman–Crippen LogP) is 2.28. The molecule has 0 aromatic carbocycles. The van der Waals surface area contributed by atoms with Crippen molar-refractivity contribution in [2.45, 2.75) is 32.3 Å². The fourth-order valence-electron chi connectivity index (χ4n) is 1.64. The second-order valence-corrected chi connectivity index (χ2v) is 3.87. The van der Waals surface area contributed by atoms with Crippen LogP contribution in [-0.2, 0) is 0 Å². The molecule has 0 radical (unpaired) electrons. The van der Waals surface area contributed by atoms with E-state index in [0.717, 1.165) is 17.6 Å². The summed E-state index contributed by atoms with van der Waals surface area (Å²) in [6.45, 7) is 7.76. The van der Waals surface area contributed by atoms with Gasteiger partial charge in [0.2, 0.25) is 0 Å². The first-order valence-electron chi connectivity index (χ1n) is 4.52. The molecule has 0 heterocycles. The zero-order chi connectivity index (χ0) is 10.1. The van der Waals surface area contributed by atoms with Crippen LogP contribution < -0.4 is 0 Å². The van der Waals surface area contributed by atoms with Gasteiger partial charge in [0.25, 0.3) is 0 Å². The predicted molar refractivity (Wildman–Crippen MR) is 55.1 cm³/mol. The van der Waals surface area contributed by atoms with Gasteiger partial charge < -0.3 is 5.11 Å². The van der Waals surface area contributed by atoms with Crippen LogP contribution in [0.5, 0.6) is 0 Å². The Morgan fingerprint density at radius 2 is 2.46 bits per heavy atom. The minimum atomic E-state index is -1.04. The lowest BCUT2D eigenvalue weighted by molar-refractivity contribution is 0.107. The molecule has 1 nitrogen and oxygen atoms in total. The summed E-state index contributed by atoms with van der Waals surface area (Å²) < 4.78 is 0. The molecule has 1 aliphatic carbocycles. The lowest BCUT2D eigenvalue weighted by Crippen LogP contribution is -2.34. The van der Waals surface area contributed by atoms with Gasteiger partial charge in [0.05, 0.1) is 0 Å². The summed E-state index contributed by atoms with van der Waals surface area (Å²) in [5, 5.41) is 10.0. The molecule has 13 heavy (non-hydrogen) atoms. The Bertz CT molecular complexity index is 293. The van der Waals surface area contributed by atoms with Crippen LogP contribution in [-0.4, -0.2) is 10.7 Å². The maximum atomic E-state index is 10.0. The molecule has 2 atom stereocenters. The van der Waals surface area contributed by atoms with Crippen molar-refractivity contribution in [1.29, 1.82) is 0 Å². The van der Waals surface area contributed by atoms with E-state index in [1.54, 1.807) is 0 Å². The van der Waals surface area contributed by atoms with Crippen LogP contribution in [0, 0.1) is 18.3 Å². The fourth-order valence-corrected chi connectivity index (χ4v) is 1.64. The summed E-state index contributed by atoms with van der Waals surface area (Å²) >= 11 is 0. The number of allylic oxidation sites excluding steroid dienone is 2. The van der Waals surface area contributed by atoms with E-state index in [2.05, 4.69) is 12.5 Å². The van der Waals surface area contributed by atoms with E-state index in [1.807, 2.05) is 19.9 Å². The van der Waals surface area contributed by atoms with Crippen LogP contribution in [0.4, 0.5) is 0 Å². The molecule has 0 unspecified atom stereocenters. The minimum absolute atomic E-state index is 0.324. The average Bonchev–Trinajstić information content (AvgIpc) is 2.09. The molecule has 1 N–H and O–H groups in total. The molecule has 0 saturated heterocycles. The number of terminal acetylenes is 1. The largest absolute Gasteiger partial charge is 0.374 e. The van der Waals surface area contributed by atoms with Crippen molar-refractivity contribution in [1.82, 2.24) is 0 Å². The molecular formula is C12H16O. The van der Waals surface area contributed by atoms with Gasteiger partial charge in [-0.05, 0) is 38.2 Å². The smallest absolute Gasteiger partial charge is 0.147 e. The monoisotopic (exact) mass is 176 g/mol. The van der Waals surface area contributed by atoms with Gasteiger partial charge in [-0.1, -0.05) is 24.1 Å². The Morgan fingerprint density at radius 3 is 2.92 bits per heavy atom. The molecule has 0 aromatic rings. The number of hydrogen-bond donors (Lipinski definition) is 1. The maximum Gasteiger partial charge on any atom is 0.147 e. The highest BCUT2D eigenvalue weighted by Gasteiger charge is 2.33. The Hall–Kier alpha value is -1.00. The Kier molecular flexibility index (Phi) is 2.63. The first-order valence-corrected chi connectivity index (χ1v) is 4.52. The van der Waals surface area contributed by atoms with E-state index in [4.69, 9.17) is 6.42 Å². The van der Waals surface area contributed by atoms with Gasteiger partial charge in [0.15, 0.2) is 0 Å². The van der Waals surface area contributed by atoms with Gasteiger partial charge in [-0.3, -0.25) is 0 Å². The topological polar surface area (TPSA) is 20.2 Å². The van der Waals surface area contributed by atoms with E-state index < -0.39 is 5.60 Å². The van der Waals surface area contributed by atoms with Crippen molar-refractivity contribution in [2.75, 3.05) is 0 Å². The quantitative estimate of drug-likeness (QED) is 0.480. The molecule has 0 fully saturated rings. The van der Waals surface area contributed by atoms with E-state index in [1.165, 1.54) is 0 Å². The van der Waals surface area contributed by atoms with Crippen molar-refractivity contribution in [2.24, 2.45) is 5.92 Å². The maximum absolute atomic E-state index is 10.0. The second kappa shape index (κ2) is 3.40. The Labute approximate surface area is 80.2 Å². The van der Waals surface area contributed by atoms with Gasteiger partial charge in [0.1, 0.15) is 5.60 Å². The van der Waals surface area contributed by atoms with Crippen molar-refractivity contribution >= 4 is 0 Å². The van der Waals surface area contributed by atoms with Crippen LogP contribution in [0.3, 0.4) is 0 Å². The fraction of sp³-hybridized carbons (Fsp3) is 0.500. The third-order valence-corrected chi connectivity index (χ3v) is 2.84. The van der Waals surface area contributed by atoms with Crippen molar-refractivity contribution < 1.29 is 5.11 Å². The normalized spacial score (nSPS) is 33.4. The molecule has 0 bridgehead atoms. The van der Waals surface area contributed by atoms with Gasteiger partial charge >= 0.3 is 0 Å². The first-order chi connectivity index (χ1) is 5.99. The van der Waals surface area contributed by atoms with E-state index >= 15 is 0 Å². The van der Waals surface area contributed by atoms with Crippen molar-refractivity contribution in [3.05, 3.63) is 23.8 Å². The average molecular weight is 176 g/mol. The Balaban J connectivity index is 2.91. The standard InChI is InChI=1S/C12H16O/c1-5-12(13)8-11(9(2)3)7-6-10(12)4/h1,6,11,13H,2,7-8H2,3-4H3/t11-,12-/m1/s1. The zero-order valence-electron chi connectivity index (χ0n) is 8.30. The van der Waals surface area contributed by atoms with Crippen LogP contribution >= 0.6 is 0 Å². The van der Waals surface area contributed by atoms with Crippen molar-refractivity contribution in [3.8, 4) is 12.3 Å². The third-order valence-electron chi connectivity index (χ3n) is 2.84. The molecular weight excluding hydrogens is 160 g/mol. The second-order valence-electron chi connectivity index (χ2n) is 3.87. The van der Waals surface area contributed by atoms with E-state index in [0.29, 0.717) is 12.3 Å². The summed E-state index contributed by atoms with van der Waals surface area (Å²) in [7, 11) is 0. The summed E-state index contributed by atoms with van der Waals surface area (Å²) in [5.41, 5.74) is 0.951. The van der Waals surface area contributed by atoms with E-state index in [-0.39, 0.29) is 0 Å². The summed E-state index contributed by atoms with van der Waals surface area (Å²) in [4.78, 5) is 0. The molecule has 1 aliphatic rings. The zero-order valence-corrected chi connectivity index (χ0v) is 8.30. The summed E-state index contributed by atoms with van der Waals surface area (Å²) in [5.74, 6) is 2.78. The summed E-state index contributed by atoms with van der Waals surface area (Å²) in [6, 6.07) is 0. The highest BCUT2D eigenvalue weighted by molar-refractivity contribution is 5.31. The third kappa shape index (κ3) is 1.84. The van der Waals surface area contributed by atoms with Crippen LogP contribution in [0.15, 0.2) is 23.8 Å². The molecule has 1 rings (SSSR count). The number of rotatable bonds is 1. The number of aliphatic hydroxyl groups is 1. The van der Waals surface area contributed by atoms with Crippen LogP contribution in [0.25, 0.3) is 0 Å². The minimum Gasteiger partial charge on any atom is -0.374 e. The van der Waals surface area contributed by atoms with Crippen molar-refractivity contribution in [3.63, 3.8) is 0 Å². The highest BCUT2D eigenvalue weighted by atomic mass is 16.3. The van der Waals surface area contributed by atoms with E-state index in [9.17, 15) is 5.11 Å². The molecule has 1 heteroatoms. The van der Waals surface area contributed by atoms with Gasteiger partial charge in [-0.25, -0.2) is 0 Å². The van der Waals surface area contributed by atoms with Crippen LogP contribution in [0.1, 0.15) is 26.7 Å². The number of hydrogen-bond acceptors (Lipinski definition) is 1. The van der Waals surface area contributed by atoms with Gasteiger partial charge in [-0.15, -0.1) is 6.42 Å². The van der Waals surface area contributed by atoms with Gasteiger partial charge in [-0.2, -0.15) is 0 Å². The Morgan fingerprint density at radius 1 is 1.85 bits per heavy atom. The summed E-state index contributed by atoms with van der Waals surface area (Å²) in [6.07, 6.45) is 8.90.